The van der Waals surface area contributed by atoms with Gasteiger partial charge in [0.2, 0.25) is 0 Å². The van der Waals surface area contributed by atoms with Crippen molar-refractivity contribution in [2.75, 3.05) is 7.05 Å². The third-order valence-electron chi connectivity index (χ3n) is 2.80. The molecule has 4 nitrogen and oxygen atoms in total. The van der Waals surface area contributed by atoms with E-state index in [4.69, 9.17) is 23.2 Å². The molecule has 0 saturated carbocycles. The topological polar surface area (TPSA) is 46.1 Å². The molecule has 1 amide bonds. The molecule has 20 heavy (non-hydrogen) atoms. The zero-order chi connectivity index (χ0) is 14.7. The Bertz CT molecular complexity index is 646. The highest BCUT2D eigenvalue weighted by molar-refractivity contribution is 6.34. The van der Waals surface area contributed by atoms with Crippen LogP contribution in [-0.4, -0.2) is 28.1 Å². The summed E-state index contributed by atoms with van der Waals surface area (Å²) in [4.78, 5) is 13.9. The molecule has 0 saturated heterocycles. The summed E-state index contributed by atoms with van der Waals surface area (Å²) in [6, 6.07) is 9.39. The SMILES string of the molecule is Cc1cccc(CN(C)C(=O)c2cc(Cl)nnc2Cl)c1. The van der Waals surface area contributed by atoms with E-state index in [0.717, 1.165) is 11.1 Å². The van der Waals surface area contributed by atoms with E-state index in [-0.39, 0.29) is 21.8 Å². The predicted molar refractivity (Wildman–Crippen MR) is 79.0 cm³/mol. The van der Waals surface area contributed by atoms with Gasteiger partial charge in [-0.15, -0.1) is 10.2 Å². The molecule has 0 aliphatic carbocycles. The summed E-state index contributed by atoms with van der Waals surface area (Å²) < 4.78 is 0. The summed E-state index contributed by atoms with van der Waals surface area (Å²) >= 11 is 11.6. The van der Waals surface area contributed by atoms with Gasteiger partial charge in [0.1, 0.15) is 0 Å². The van der Waals surface area contributed by atoms with Gasteiger partial charge in [-0.3, -0.25) is 4.79 Å². The average molecular weight is 310 g/mol. The van der Waals surface area contributed by atoms with Crippen molar-refractivity contribution in [2.45, 2.75) is 13.5 Å². The fourth-order valence-corrected chi connectivity index (χ4v) is 2.18. The number of amides is 1. The van der Waals surface area contributed by atoms with Gasteiger partial charge in [-0.2, -0.15) is 0 Å². The highest BCUT2D eigenvalue weighted by Gasteiger charge is 2.17. The van der Waals surface area contributed by atoms with Crippen LogP contribution in [0.15, 0.2) is 30.3 Å². The van der Waals surface area contributed by atoms with Crippen molar-refractivity contribution < 1.29 is 4.79 Å². The third kappa shape index (κ3) is 3.46. The number of benzene rings is 1. The number of aromatic nitrogens is 2. The molecule has 0 atom stereocenters. The molecule has 2 rings (SSSR count). The van der Waals surface area contributed by atoms with Crippen LogP contribution in [0.3, 0.4) is 0 Å². The van der Waals surface area contributed by atoms with E-state index in [1.54, 1.807) is 11.9 Å². The van der Waals surface area contributed by atoms with Crippen LogP contribution in [0.4, 0.5) is 0 Å². The summed E-state index contributed by atoms with van der Waals surface area (Å²) in [7, 11) is 1.70. The van der Waals surface area contributed by atoms with Crippen LogP contribution < -0.4 is 0 Å². The van der Waals surface area contributed by atoms with Gasteiger partial charge in [-0.1, -0.05) is 53.0 Å². The molecule has 0 radical (unpaired) electrons. The van der Waals surface area contributed by atoms with Crippen LogP contribution in [0.2, 0.25) is 10.3 Å². The van der Waals surface area contributed by atoms with E-state index in [1.165, 1.54) is 6.07 Å². The molecule has 1 aromatic heterocycles. The van der Waals surface area contributed by atoms with Gasteiger partial charge in [0.25, 0.3) is 5.91 Å². The van der Waals surface area contributed by atoms with Crippen molar-refractivity contribution in [3.63, 3.8) is 0 Å². The van der Waals surface area contributed by atoms with Gasteiger partial charge in [-0.25, -0.2) is 0 Å². The van der Waals surface area contributed by atoms with Gasteiger partial charge < -0.3 is 4.90 Å². The molecule has 0 unspecified atom stereocenters. The standard InChI is InChI=1S/C14H13Cl2N3O/c1-9-4-3-5-10(6-9)8-19(2)14(20)11-7-12(15)17-18-13(11)16/h3-7H,8H2,1-2H3. The summed E-state index contributed by atoms with van der Waals surface area (Å²) in [6.07, 6.45) is 0. The van der Waals surface area contributed by atoms with Crippen molar-refractivity contribution in [1.82, 2.24) is 15.1 Å². The first-order chi connectivity index (χ1) is 9.47. The fourth-order valence-electron chi connectivity index (χ4n) is 1.86. The number of hydrogen-bond acceptors (Lipinski definition) is 3. The molecule has 104 valence electrons. The van der Waals surface area contributed by atoms with Crippen LogP contribution in [0.25, 0.3) is 0 Å². The Labute approximate surface area is 127 Å². The maximum atomic E-state index is 12.3. The van der Waals surface area contributed by atoms with E-state index < -0.39 is 0 Å². The lowest BCUT2D eigenvalue weighted by Crippen LogP contribution is -2.26. The number of halogens is 2. The minimum absolute atomic E-state index is 0.0514. The molecule has 1 heterocycles. The second kappa shape index (κ2) is 6.20. The molecular formula is C14H13Cl2N3O. The van der Waals surface area contributed by atoms with Crippen molar-refractivity contribution in [2.24, 2.45) is 0 Å². The summed E-state index contributed by atoms with van der Waals surface area (Å²) in [5.74, 6) is -0.242. The quantitative estimate of drug-likeness (QED) is 0.873. The normalized spacial score (nSPS) is 10.4. The Kier molecular flexibility index (Phi) is 4.57. The van der Waals surface area contributed by atoms with Crippen molar-refractivity contribution >= 4 is 29.1 Å². The van der Waals surface area contributed by atoms with Gasteiger partial charge in [0.15, 0.2) is 10.3 Å². The van der Waals surface area contributed by atoms with Crippen LogP contribution in [0, 0.1) is 6.92 Å². The van der Waals surface area contributed by atoms with Gasteiger partial charge >= 0.3 is 0 Å². The smallest absolute Gasteiger partial charge is 0.257 e. The highest BCUT2D eigenvalue weighted by atomic mass is 35.5. The largest absolute Gasteiger partial charge is 0.337 e. The predicted octanol–water partition coefficient (Wildman–Crippen LogP) is 3.36. The Hall–Kier alpha value is -1.65. The lowest BCUT2D eigenvalue weighted by Gasteiger charge is -2.18. The molecule has 6 heteroatoms. The fraction of sp³-hybridized carbons (Fsp3) is 0.214. The van der Waals surface area contributed by atoms with E-state index in [2.05, 4.69) is 10.2 Å². The first-order valence-electron chi connectivity index (χ1n) is 5.97. The van der Waals surface area contributed by atoms with E-state index in [0.29, 0.717) is 6.54 Å². The van der Waals surface area contributed by atoms with Crippen molar-refractivity contribution in [3.8, 4) is 0 Å². The van der Waals surface area contributed by atoms with E-state index in [9.17, 15) is 4.79 Å². The van der Waals surface area contributed by atoms with Crippen LogP contribution in [-0.2, 0) is 6.54 Å². The monoisotopic (exact) mass is 309 g/mol. The second-order valence-electron chi connectivity index (χ2n) is 4.52. The number of carbonyl (C=O) groups is 1. The lowest BCUT2D eigenvalue weighted by atomic mass is 10.1. The molecule has 1 aromatic carbocycles. The maximum absolute atomic E-state index is 12.3. The molecule has 0 aliphatic rings. The third-order valence-corrected chi connectivity index (χ3v) is 3.26. The van der Waals surface area contributed by atoms with Crippen LogP contribution >= 0.6 is 23.2 Å². The minimum atomic E-state index is -0.242. The minimum Gasteiger partial charge on any atom is -0.337 e. The Balaban J connectivity index is 2.18. The van der Waals surface area contributed by atoms with Crippen LogP contribution in [0.1, 0.15) is 21.5 Å². The van der Waals surface area contributed by atoms with Crippen molar-refractivity contribution in [1.29, 1.82) is 0 Å². The molecule has 0 fully saturated rings. The molecule has 0 spiro atoms. The first-order valence-corrected chi connectivity index (χ1v) is 6.72. The number of aryl methyl sites for hydroxylation is 1. The molecule has 0 bridgehead atoms. The van der Waals surface area contributed by atoms with Gasteiger partial charge in [-0.05, 0) is 18.6 Å². The number of carbonyl (C=O) groups excluding carboxylic acids is 1. The van der Waals surface area contributed by atoms with E-state index >= 15 is 0 Å². The summed E-state index contributed by atoms with van der Waals surface area (Å²) in [6.45, 7) is 2.49. The van der Waals surface area contributed by atoms with Gasteiger partial charge in [0.05, 0.1) is 5.56 Å². The Morgan fingerprint density at radius 3 is 2.70 bits per heavy atom. The lowest BCUT2D eigenvalue weighted by molar-refractivity contribution is 0.0784. The molecule has 0 aliphatic heterocycles. The Morgan fingerprint density at radius 2 is 2.00 bits per heavy atom. The number of nitrogens with zero attached hydrogens (tertiary/aromatic N) is 3. The second-order valence-corrected chi connectivity index (χ2v) is 5.27. The van der Waals surface area contributed by atoms with Gasteiger partial charge in [0, 0.05) is 13.6 Å². The maximum Gasteiger partial charge on any atom is 0.257 e. The number of hydrogen-bond donors (Lipinski definition) is 0. The summed E-state index contributed by atoms with van der Waals surface area (Å²) in [5, 5.41) is 7.42. The zero-order valence-electron chi connectivity index (χ0n) is 11.1. The molecule has 2 aromatic rings. The average Bonchev–Trinajstić information content (AvgIpc) is 2.40. The van der Waals surface area contributed by atoms with E-state index in [1.807, 2.05) is 31.2 Å². The highest BCUT2D eigenvalue weighted by Crippen LogP contribution is 2.18. The number of rotatable bonds is 3. The summed E-state index contributed by atoms with van der Waals surface area (Å²) in [5.41, 5.74) is 2.45. The zero-order valence-corrected chi connectivity index (χ0v) is 12.6. The molecule has 0 N–H and O–H groups in total. The van der Waals surface area contributed by atoms with Crippen LogP contribution in [0.5, 0.6) is 0 Å². The Morgan fingerprint density at radius 1 is 1.25 bits per heavy atom. The molecular weight excluding hydrogens is 297 g/mol. The first kappa shape index (κ1) is 14.8. The van der Waals surface area contributed by atoms with Crippen molar-refractivity contribution in [3.05, 3.63) is 57.3 Å².